The summed E-state index contributed by atoms with van der Waals surface area (Å²) in [6.45, 7) is 5.52. The lowest BCUT2D eigenvalue weighted by Gasteiger charge is -2.30. The van der Waals surface area contributed by atoms with Gasteiger partial charge in [-0.25, -0.2) is 18.6 Å². The fourth-order valence-electron chi connectivity index (χ4n) is 6.97. The Morgan fingerprint density at radius 2 is 1.93 bits per heavy atom. The number of hydrogen-bond acceptors (Lipinski definition) is 8. The molecule has 1 aliphatic carbocycles. The minimum absolute atomic E-state index is 0.151. The van der Waals surface area contributed by atoms with Crippen molar-refractivity contribution in [2.24, 2.45) is 13.0 Å². The Kier molecular flexibility index (Phi) is 7.05. The molecule has 228 valence electrons. The van der Waals surface area contributed by atoms with Crippen molar-refractivity contribution in [2.75, 3.05) is 63.2 Å². The highest BCUT2D eigenvalue weighted by atomic mass is 19.2. The number of halogens is 2. The summed E-state index contributed by atoms with van der Waals surface area (Å²) in [6.07, 6.45) is 5.85. The summed E-state index contributed by atoms with van der Waals surface area (Å²) >= 11 is 0. The van der Waals surface area contributed by atoms with Crippen LogP contribution in [0.5, 0.6) is 0 Å². The standard InChI is InChI=1S/C32H32F2N6O4/c1-35-24-11-23(33)28(34)26-19(24)10-25-27(26)29(40-4-3-17(15-40)14-39-5-7-44-8-6-39)21(13-36-25)18-9-20-30(41)22(32(42)43)16-38(2)31(20)37-12-18/h9,11-13,16-17,35H,3-8,10,14-15H2,1-2H3,(H,42,43)/t17-/m0/s1. The topological polar surface area (TPSA) is 113 Å². The molecule has 0 saturated carbocycles. The Hall–Kier alpha value is -4.42. The van der Waals surface area contributed by atoms with Crippen molar-refractivity contribution in [1.82, 2.24) is 19.4 Å². The molecule has 10 nitrogen and oxygen atoms in total. The summed E-state index contributed by atoms with van der Waals surface area (Å²) < 4.78 is 37.7. The molecule has 2 aliphatic heterocycles. The van der Waals surface area contributed by atoms with Gasteiger partial charge >= 0.3 is 5.97 Å². The van der Waals surface area contributed by atoms with Crippen molar-refractivity contribution >= 4 is 28.4 Å². The van der Waals surface area contributed by atoms with Gasteiger partial charge in [0, 0.05) is 106 Å². The maximum atomic E-state index is 15.7. The first kappa shape index (κ1) is 28.4. The predicted molar refractivity (Wildman–Crippen MR) is 162 cm³/mol. The number of aromatic nitrogens is 3. The number of aromatic carboxylic acids is 1. The first-order valence-corrected chi connectivity index (χ1v) is 14.7. The van der Waals surface area contributed by atoms with Crippen LogP contribution < -0.4 is 15.6 Å². The van der Waals surface area contributed by atoms with E-state index in [1.54, 1.807) is 32.6 Å². The number of carbonyl (C=O) groups is 1. The summed E-state index contributed by atoms with van der Waals surface area (Å²) in [5.74, 6) is -2.83. The molecule has 2 N–H and O–H groups in total. The number of fused-ring (bicyclic) bond motifs is 4. The van der Waals surface area contributed by atoms with Gasteiger partial charge < -0.3 is 24.6 Å². The fraction of sp³-hybridized carbons (Fsp3) is 0.375. The lowest BCUT2D eigenvalue weighted by molar-refractivity contribution is 0.0320. The molecule has 12 heteroatoms. The highest BCUT2D eigenvalue weighted by Gasteiger charge is 2.36. The maximum Gasteiger partial charge on any atom is 0.341 e. The molecule has 3 aromatic heterocycles. The number of anilines is 2. The predicted octanol–water partition coefficient (Wildman–Crippen LogP) is 3.74. The van der Waals surface area contributed by atoms with Gasteiger partial charge in [-0.15, -0.1) is 0 Å². The van der Waals surface area contributed by atoms with Gasteiger partial charge in [-0.2, -0.15) is 0 Å². The van der Waals surface area contributed by atoms with Crippen LogP contribution in [0.15, 0.2) is 35.5 Å². The van der Waals surface area contributed by atoms with Crippen LogP contribution in [-0.4, -0.2) is 83.5 Å². The van der Waals surface area contributed by atoms with Crippen LogP contribution in [0.2, 0.25) is 0 Å². The number of hydrogen-bond donors (Lipinski definition) is 2. The van der Waals surface area contributed by atoms with Gasteiger partial charge in [0.15, 0.2) is 11.6 Å². The van der Waals surface area contributed by atoms with E-state index in [9.17, 15) is 19.1 Å². The van der Waals surface area contributed by atoms with Crippen molar-refractivity contribution < 1.29 is 23.4 Å². The monoisotopic (exact) mass is 602 g/mol. The van der Waals surface area contributed by atoms with Gasteiger partial charge in [0.2, 0.25) is 5.43 Å². The number of nitrogens with one attached hydrogen (secondary N) is 1. The number of rotatable bonds is 6. The molecule has 1 atom stereocenters. The first-order chi connectivity index (χ1) is 21.2. The molecule has 0 spiro atoms. The average Bonchev–Trinajstić information content (AvgIpc) is 3.65. The van der Waals surface area contributed by atoms with Crippen LogP contribution in [0.25, 0.3) is 33.3 Å². The lowest BCUT2D eigenvalue weighted by Crippen LogP contribution is -2.40. The summed E-state index contributed by atoms with van der Waals surface area (Å²) in [5.41, 5.74) is 3.76. The second-order valence-electron chi connectivity index (χ2n) is 11.7. The molecule has 4 aromatic rings. The number of benzene rings is 1. The molecule has 2 fully saturated rings. The molecule has 5 heterocycles. The molecule has 0 radical (unpaired) electrons. The molecule has 3 aliphatic rings. The third-order valence-corrected chi connectivity index (χ3v) is 9.10. The summed E-state index contributed by atoms with van der Waals surface area (Å²) in [7, 11) is 3.31. The SMILES string of the molecule is CNc1cc(F)c(F)c2c1Cc1ncc(-c3cnc4c(c3)c(=O)c(C(=O)O)cn4C)c(N3CC[C@@H](CN4CCOCC4)C3)c1-2. The zero-order chi connectivity index (χ0) is 30.7. The van der Waals surface area contributed by atoms with E-state index in [1.807, 2.05) is 0 Å². The van der Waals surface area contributed by atoms with Gasteiger partial charge in [0.25, 0.3) is 0 Å². The summed E-state index contributed by atoms with van der Waals surface area (Å²) in [5, 5.41) is 12.8. The minimum atomic E-state index is -1.32. The van der Waals surface area contributed by atoms with E-state index in [4.69, 9.17) is 9.72 Å². The second-order valence-corrected chi connectivity index (χ2v) is 11.7. The Labute approximate surface area is 251 Å². The largest absolute Gasteiger partial charge is 0.477 e. The Balaban J connectivity index is 1.41. The van der Waals surface area contributed by atoms with Gasteiger partial charge in [-0.1, -0.05) is 0 Å². The quantitative estimate of drug-likeness (QED) is 0.300. The average molecular weight is 603 g/mol. The van der Waals surface area contributed by atoms with Crippen LogP contribution >= 0.6 is 0 Å². The van der Waals surface area contributed by atoms with Gasteiger partial charge in [0.05, 0.1) is 30.0 Å². The summed E-state index contributed by atoms with van der Waals surface area (Å²) in [6, 6.07) is 2.81. The highest BCUT2D eigenvalue weighted by molar-refractivity contribution is 5.98. The maximum absolute atomic E-state index is 15.7. The number of ether oxygens (including phenoxy) is 1. The van der Waals surface area contributed by atoms with Gasteiger partial charge in [0.1, 0.15) is 11.2 Å². The first-order valence-electron chi connectivity index (χ1n) is 14.7. The Morgan fingerprint density at radius 1 is 1.14 bits per heavy atom. The second kappa shape index (κ2) is 10.9. The number of carboxylic acids is 1. The van der Waals surface area contributed by atoms with E-state index in [0.29, 0.717) is 77.9 Å². The lowest BCUT2D eigenvalue weighted by atomic mass is 9.97. The number of aryl methyl sites for hydroxylation is 1. The van der Waals surface area contributed by atoms with Gasteiger partial charge in [-0.3, -0.25) is 14.7 Å². The molecule has 2 saturated heterocycles. The van der Waals surface area contributed by atoms with E-state index >= 15 is 4.39 Å². The zero-order valence-corrected chi connectivity index (χ0v) is 24.5. The summed E-state index contributed by atoms with van der Waals surface area (Å²) in [4.78, 5) is 38.9. The van der Waals surface area contributed by atoms with Crippen LogP contribution in [-0.2, 0) is 18.2 Å². The van der Waals surface area contributed by atoms with Gasteiger partial charge in [-0.05, 0) is 24.0 Å². The third kappa shape index (κ3) is 4.60. The van der Waals surface area contributed by atoms with Crippen LogP contribution in [0.3, 0.4) is 0 Å². The minimum Gasteiger partial charge on any atom is -0.477 e. The van der Waals surface area contributed by atoms with E-state index in [2.05, 4.69) is 20.1 Å². The van der Waals surface area contributed by atoms with E-state index in [1.165, 1.54) is 16.8 Å². The molecule has 7 rings (SSSR count). The molecule has 1 aromatic carbocycles. The third-order valence-electron chi connectivity index (χ3n) is 9.10. The number of morpholine rings is 1. The normalized spacial score (nSPS) is 18.1. The van der Waals surface area contributed by atoms with E-state index in [-0.39, 0.29) is 16.5 Å². The smallest absolute Gasteiger partial charge is 0.341 e. The van der Waals surface area contributed by atoms with Crippen molar-refractivity contribution in [2.45, 2.75) is 12.8 Å². The molecule has 0 amide bonds. The Bertz CT molecular complexity index is 1890. The zero-order valence-electron chi connectivity index (χ0n) is 24.5. The van der Waals surface area contributed by atoms with Crippen molar-refractivity contribution in [3.63, 3.8) is 0 Å². The van der Waals surface area contributed by atoms with Crippen molar-refractivity contribution in [1.29, 1.82) is 0 Å². The molecular weight excluding hydrogens is 570 g/mol. The van der Waals surface area contributed by atoms with Crippen molar-refractivity contribution in [3.05, 3.63) is 69.4 Å². The molecular formula is C32H32F2N6O4. The Morgan fingerprint density at radius 3 is 2.68 bits per heavy atom. The number of nitrogens with zero attached hydrogens (tertiary/aromatic N) is 5. The number of carboxylic acid groups (broad SMARTS) is 1. The van der Waals surface area contributed by atoms with Crippen LogP contribution in [0.4, 0.5) is 20.2 Å². The van der Waals surface area contributed by atoms with Crippen LogP contribution in [0.1, 0.15) is 28.0 Å². The van der Waals surface area contributed by atoms with E-state index in [0.717, 1.165) is 31.7 Å². The van der Waals surface area contributed by atoms with E-state index < -0.39 is 23.0 Å². The highest BCUT2D eigenvalue weighted by Crippen LogP contribution is 2.50. The van der Waals surface area contributed by atoms with Crippen molar-refractivity contribution in [3.8, 4) is 22.3 Å². The molecule has 0 bridgehead atoms. The number of pyridine rings is 3. The molecule has 0 unspecified atom stereocenters. The molecule has 44 heavy (non-hydrogen) atoms. The van der Waals surface area contributed by atoms with Crippen LogP contribution in [0, 0.1) is 17.6 Å². The fourth-order valence-corrected chi connectivity index (χ4v) is 6.97.